The molecule has 1 amide bonds. The Hall–Kier alpha value is -1.30. The maximum absolute atomic E-state index is 11.5. The summed E-state index contributed by atoms with van der Waals surface area (Å²) in [6.45, 7) is 4.18. The summed E-state index contributed by atoms with van der Waals surface area (Å²) >= 11 is 0. The fourth-order valence-corrected chi connectivity index (χ4v) is 2.75. The van der Waals surface area contributed by atoms with E-state index in [1.165, 1.54) is 19.3 Å². The lowest BCUT2D eigenvalue weighted by molar-refractivity contribution is -0.122. The van der Waals surface area contributed by atoms with Gasteiger partial charge in [-0.05, 0) is 38.0 Å². The predicted molar refractivity (Wildman–Crippen MR) is 87.9 cm³/mol. The maximum Gasteiger partial charge on any atom is 0.223 e. The van der Waals surface area contributed by atoms with Crippen LogP contribution in [0, 0.1) is 11.8 Å². The number of carbonyl (C=O) groups excluding carboxylic acids is 1. The third-order valence-electron chi connectivity index (χ3n) is 4.44. The standard InChI is InChI=1S/C16H30N4O2/c1-17-16(19-9-8-18-15(21)14-3-4-14)20(2)10-5-13-6-11-22-12-7-13/h13-14H,3-12H2,1-2H3,(H,17,19)(H,18,21). The first-order valence-corrected chi connectivity index (χ1v) is 8.48. The molecule has 1 heterocycles. The van der Waals surface area contributed by atoms with Crippen LogP contribution >= 0.6 is 0 Å². The third-order valence-corrected chi connectivity index (χ3v) is 4.44. The highest BCUT2D eigenvalue weighted by molar-refractivity contribution is 5.81. The molecule has 0 aromatic carbocycles. The molecule has 2 aliphatic rings. The minimum Gasteiger partial charge on any atom is -0.381 e. The van der Waals surface area contributed by atoms with Crippen LogP contribution in [0.15, 0.2) is 4.99 Å². The van der Waals surface area contributed by atoms with E-state index in [4.69, 9.17) is 4.74 Å². The second kappa shape index (κ2) is 8.98. The van der Waals surface area contributed by atoms with Crippen molar-refractivity contribution in [3.8, 4) is 0 Å². The fraction of sp³-hybridized carbons (Fsp3) is 0.875. The average Bonchev–Trinajstić information content (AvgIpc) is 3.38. The van der Waals surface area contributed by atoms with Gasteiger partial charge in [-0.25, -0.2) is 0 Å². The number of hydrogen-bond donors (Lipinski definition) is 2. The van der Waals surface area contributed by atoms with Crippen LogP contribution in [0.3, 0.4) is 0 Å². The first kappa shape index (κ1) is 17.1. The molecule has 2 fully saturated rings. The van der Waals surface area contributed by atoms with Crippen molar-refractivity contribution in [1.29, 1.82) is 0 Å². The Kier molecular flexibility index (Phi) is 6.96. The van der Waals surface area contributed by atoms with Gasteiger partial charge in [0.2, 0.25) is 5.91 Å². The number of hydrogen-bond acceptors (Lipinski definition) is 3. The summed E-state index contributed by atoms with van der Waals surface area (Å²) in [5, 5.41) is 6.27. The highest BCUT2D eigenvalue weighted by Crippen LogP contribution is 2.28. The van der Waals surface area contributed by atoms with E-state index in [1.807, 2.05) is 0 Å². The molecular formula is C16H30N4O2. The molecule has 1 aliphatic carbocycles. The van der Waals surface area contributed by atoms with Crippen LogP contribution in [0.1, 0.15) is 32.1 Å². The summed E-state index contributed by atoms with van der Waals surface area (Å²) in [6, 6.07) is 0. The number of aliphatic imine (C=N–C) groups is 1. The van der Waals surface area contributed by atoms with Gasteiger partial charge >= 0.3 is 0 Å². The lowest BCUT2D eigenvalue weighted by Crippen LogP contribution is -2.43. The normalized spacial score (nSPS) is 19.8. The molecule has 0 unspecified atom stereocenters. The highest BCUT2D eigenvalue weighted by Gasteiger charge is 2.29. The SMILES string of the molecule is CN=C(NCCNC(=O)C1CC1)N(C)CCC1CCOCC1. The van der Waals surface area contributed by atoms with Crippen LogP contribution < -0.4 is 10.6 Å². The molecule has 1 saturated carbocycles. The molecule has 1 saturated heterocycles. The van der Waals surface area contributed by atoms with E-state index in [9.17, 15) is 4.79 Å². The van der Waals surface area contributed by atoms with E-state index in [2.05, 4.69) is 27.6 Å². The monoisotopic (exact) mass is 310 g/mol. The van der Waals surface area contributed by atoms with Crippen molar-refractivity contribution in [3.05, 3.63) is 0 Å². The van der Waals surface area contributed by atoms with Gasteiger partial charge < -0.3 is 20.3 Å². The Morgan fingerprint density at radius 1 is 1.18 bits per heavy atom. The van der Waals surface area contributed by atoms with E-state index in [-0.39, 0.29) is 11.8 Å². The van der Waals surface area contributed by atoms with Gasteiger partial charge in [-0.2, -0.15) is 0 Å². The van der Waals surface area contributed by atoms with Crippen LogP contribution in [-0.2, 0) is 9.53 Å². The van der Waals surface area contributed by atoms with Crippen molar-refractivity contribution >= 4 is 11.9 Å². The number of nitrogens with one attached hydrogen (secondary N) is 2. The average molecular weight is 310 g/mol. The molecule has 0 bridgehead atoms. The molecule has 22 heavy (non-hydrogen) atoms. The van der Waals surface area contributed by atoms with E-state index in [1.54, 1.807) is 7.05 Å². The number of carbonyl (C=O) groups is 1. The van der Waals surface area contributed by atoms with E-state index in [0.29, 0.717) is 13.1 Å². The quantitative estimate of drug-likeness (QED) is 0.415. The molecule has 0 atom stereocenters. The zero-order valence-corrected chi connectivity index (χ0v) is 13.9. The molecule has 0 spiro atoms. The number of amides is 1. The van der Waals surface area contributed by atoms with Crippen LogP contribution in [0.25, 0.3) is 0 Å². The van der Waals surface area contributed by atoms with E-state index < -0.39 is 0 Å². The second-order valence-electron chi connectivity index (χ2n) is 6.31. The fourth-order valence-electron chi connectivity index (χ4n) is 2.75. The van der Waals surface area contributed by atoms with Crippen LogP contribution in [0.5, 0.6) is 0 Å². The maximum atomic E-state index is 11.5. The largest absolute Gasteiger partial charge is 0.381 e. The topological polar surface area (TPSA) is 66.0 Å². The highest BCUT2D eigenvalue weighted by atomic mass is 16.5. The molecule has 0 radical (unpaired) electrons. The van der Waals surface area contributed by atoms with Gasteiger partial charge in [-0.3, -0.25) is 9.79 Å². The zero-order chi connectivity index (χ0) is 15.8. The van der Waals surface area contributed by atoms with Gasteiger partial charge in [-0.1, -0.05) is 0 Å². The Morgan fingerprint density at radius 2 is 1.86 bits per heavy atom. The molecule has 0 aromatic rings. The van der Waals surface area contributed by atoms with Crippen molar-refractivity contribution in [2.75, 3.05) is 46.9 Å². The van der Waals surface area contributed by atoms with Crippen molar-refractivity contribution in [1.82, 2.24) is 15.5 Å². The van der Waals surface area contributed by atoms with Crippen LogP contribution in [-0.4, -0.2) is 63.7 Å². The lowest BCUT2D eigenvalue weighted by Gasteiger charge is -2.26. The Balaban J connectivity index is 1.58. The smallest absolute Gasteiger partial charge is 0.223 e. The Bertz CT molecular complexity index is 376. The van der Waals surface area contributed by atoms with Gasteiger partial charge in [0.25, 0.3) is 0 Å². The zero-order valence-electron chi connectivity index (χ0n) is 13.9. The summed E-state index contributed by atoms with van der Waals surface area (Å²) in [5.41, 5.74) is 0. The summed E-state index contributed by atoms with van der Waals surface area (Å²) in [6.07, 6.45) is 5.63. The van der Waals surface area contributed by atoms with E-state index >= 15 is 0 Å². The first-order chi connectivity index (χ1) is 10.7. The summed E-state index contributed by atoms with van der Waals surface area (Å²) in [7, 11) is 3.87. The van der Waals surface area contributed by atoms with Gasteiger partial charge in [0.15, 0.2) is 5.96 Å². The van der Waals surface area contributed by atoms with Crippen LogP contribution in [0.4, 0.5) is 0 Å². The Morgan fingerprint density at radius 3 is 2.50 bits per heavy atom. The van der Waals surface area contributed by atoms with Gasteiger partial charge in [-0.15, -0.1) is 0 Å². The molecule has 2 rings (SSSR count). The lowest BCUT2D eigenvalue weighted by atomic mass is 9.96. The molecule has 6 nitrogen and oxygen atoms in total. The molecule has 2 N–H and O–H groups in total. The summed E-state index contributed by atoms with van der Waals surface area (Å²) in [4.78, 5) is 18.0. The van der Waals surface area contributed by atoms with Gasteiger partial charge in [0, 0.05) is 52.9 Å². The number of nitrogens with zero attached hydrogens (tertiary/aromatic N) is 2. The third kappa shape index (κ3) is 5.83. The minimum absolute atomic E-state index is 0.199. The van der Waals surface area contributed by atoms with Gasteiger partial charge in [0.1, 0.15) is 0 Å². The van der Waals surface area contributed by atoms with Crippen molar-refractivity contribution in [2.45, 2.75) is 32.1 Å². The molecule has 0 aromatic heterocycles. The molecule has 126 valence electrons. The molecule has 1 aliphatic heterocycles. The van der Waals surface area contributed by atoms with Crippen LogP contribution in [0.2, 0.25) is 0 Å². The van der Waals surface area contributed by atoms with E-state index in [0.717, 1.165) is 44.5 Å². The molecule has 6 heteroatoms. The van der Waals surface area contributed by atoms with Crippen molar-refractivity contribution < 1.29 is 9.53 Å². The van der Waals surface area contributed by atoms with Gasteiger partial charge in [0.05, 0.1) is 0 Å². The number of guanidine groups is 1. The minimum atomic E-state index is 0.199. The number of rotatable bonds is 7. The number of ether oxygens (including phenoxy) is 1. The van der Waals surface area contributed by atoms with Crippen molar-refractivity contribution in [3.63, 3.8) is 0 Å². The second-order valence-corrected chi connectivity index (χ2v) is 6.31. The van der Waals surface area contributed by atoms with Crippen molar-refractivity contribution in [2.24, 2.45) is 16.8 Å². The Labute approximate surface area is 133 Å². The molecular weight excluding hydrogens is 280 g/mol. The predicted octanol–water partition coefficient (Wildman–Crippen LogP) is 0.836. The first-order valence-electron chi connectivity index (χ1n) is 8.48. The summed E-state index contributed by atoms with van der Waals surface area (Å²) in [5.74, 6) is 2.14. The summed E-state index contributed by atoms with van der Waals surface area (Å²) < 4.78 is 5.40.